The summed E-state index contributed by atoms with van der Waals surface area (Å²) in [6.45, 7) is 0. The van der Waals surface area contributed by atoms with Gasteiger partial charge in [0.1, 0.15) is 17.3 Å². The Hall–Kier alpha value is -3.60. The summed E-state index contributed by atoms with van der Waals surface area (Å²) in [7, 11) is 1.66. The van der Waals surface area contributed by atoms with Crippen molar-refractivity contribution in [3.8, 4) is 28.7 Å². The molecule has 0 fully saturated rings. The van der Waals surface area contributed by atoms with Crippen molar-refractivity contribution in [2.75, 3.05) is 7.11 Å². The maximum Gasteiger partial charge on any atom is 0.159 e. The number of hydrogen-bond acceptors (Lipinski definition) is 3. The predicted octanol–water partition coefficient (Wildman–Crippen LogP) is 4.55. The van der Waals surface area contributed by atoms with Crippen LogP contribution in [0.25, 0.3) is 39.5 Å². The number of benzene rings is 2. The van der Waals surface area contributed by atoms with Gasteiger partial charge >= 0.3 is 0 Å². The summed E-state index contributed by atoms with van der Waals surface area (Å²) in [4.78, 5) is 13.0. The van der Waals surface area contributed by atoms with Crippen molar-refractivity contribution >= 4 is 16.6 Å². The third-order valence-electron chi connectivity index (χ3n) is 4.49. The molecule has 0 aliphatic heterocycles. The zero-order valence-electron chi connectivity index (χ0n) is 14.2. The number of fused-ring (bicyclic) bond motifs is 2. The fraction of sp³-hybridized carbons (Fsp3) is 0.0476. The number of nitrogens with zero attached hydrogens (tertiary/aromatic N) is 3. The molecule has 0 radical (unpaired) electrons. The second kappa shape index (κ2) is 5.74. The van der Waals surface area contributed by atoms with E-state index in [9.17, 15) is 0 Å². The molecule has 0 saturated heterocycles. The second-order valence-corrected chi connectivity index (χ2v) is 6.07. The molecule has 0 aliphatic rings. The molecule has 0 amide bonds. The Bertz CT molecular complexity index is 1220. The summed E-state index contributed by atoms with van der Waals surface area (Å²) in [6, 6.07) is 22.1. The van der Waals surface area contributed by atoms with Gasteiger partial charge in [-0.25, -0.2) is 9.97 Å². The molecule has 0 spiro atoms. The highest BCUT2D eigenvalue weighted by molar-refractivity contribution is 5.85. The van der Waals surface area contributed by atoms with Gasteiger partial charge in [0.05, 0.1) is 23.7 Å². The Kier molecular flexibility index (Phi) is 3.25. The lowest BCUT2D eigenvalue weighted by atomic mass is 10.2. The van der Waals surface area contributed by atoms with E-state index in [0.717, 1.165) is 45.2 Å². The van der Waals surface area contributed by atoms with Gasteiger partial charge in [-0.2, -0.15) is 0 Å². The Labute approximate surface area is 149 Å². The number of hydrogen-bond donors (Lipinski definition) is 1. The number of nitrogens with one attached hydrogen (secondary N) is 1. The number of imidazole rings is 2. The fourth-order valence-electron chi connectivity index (χ4n) is 3.23. The third kappa shape index (κ3) is 2.25. The van der Waals surface area contributed by atoms with E-state index in [0.29, 0.717) is 0 Å². The minimum atomic E-state index is 0.749. The first-order chi connectivity index (χ1) is 12.8. The Morgan fingerprint density at radius 1 is 0.923 bits per heavy atom. The van der Waals surface area contributed by atoms with Crippen molar-refractivity contribution in [2.45, 2.75) is 0 Å². The molecule has 5 heteroatoms. The lowest BCUT2D eigenvalue weighted by Crippen LogP contribution is -1.87. The van der Waals surface area contributed by atoms with Crippen LogP contribution in [-0.2, 0) is 0 Å². The fourth-order valence-corrected chi connectivity index (χ4v) is 3.23. The summed E-state index contributed by atoms with van der Waals surface area (Å²) >= 11 is 0. The van der Waals surface area contributed by atoms with E-state index in [4.69, 9.17) is 14.7 Å². The normalized spacial score (nSPS) is 11.3. The van der Waals surface area contributed by atoms with E-state index in [1.807, 2.05) is 54.7 Å². The van der Waals surface area contributed by atoms with Gasteiger partial charge in [-0.05, 0) is 24.3 Å². The standard InChI is InChI=1S/C21H16N4O/c1-26-15-10-11-16-17(13-15)23-20(22-16)19-18-9-5-6-12-25(18)21(24-19)14-7-3-2-4-8-14/h2-13H,1H3,(H,22,23). The van der Waals surface area contributed by atoms with Gasteiger partial charge in [-0.1, -0.05) is 36.4 Å². The molecule has 3 heterocycles. The van der Waals surface area contributed by atoms with Gasteiger partial charge in [-0.15, -0.1) is 0 Å². The number of methoxy groups -OCH3 is 1. The van der Waals surface area contributed by atoms with Crippen LogP contribution in [0, 0.1) is 0 Å². The Morgan fingerprint density at radius 2 is 1.77 bits per heavy atom. The van der Waals surface area contributed by atoms with Gasteiger partial charge in [0.25, 0.3) is 0 Å². The monoisotopic (exact) mass is 340 g/mol. The number of aromatic amines is 1. The van der Waals surface area contributed by atoms with Crippen LogP contribution in [0.5, 0.6) is 5.75 Å². The molecule has 26 heavy (non-hydrogen) atoms. The van der Waals surface area contributed by atoms with Crippen molar-refractivity contribution in [1.29, 1.82) is 0 Å². The maximum absolute atomic E-state index is 5.30. The van der Waals surface area contributed by atoms with Crippen LogP contribution in [0.4, 0.5) is 0 Å². The number of ether oxygens (including phenoxy) is 1. The van der Waals surface area contributed by atoms with E-state index in [1.54, 1.807) is 7.11 Å². The van der Waals surface area contributed by atoms with Crippen molar-refractivity contribution in [3.05, 3.63) is 72.9 Å². The van der Waals surface area contributed by atoms with Crippen LogP contribution in [0.1, 0.15) is 0 Å². The van der Waals surface area contributed by atoms with Gasteiger partial charge in [0.15, 0.2) is 5.82 Å². The van der Waals surface area contributed by atoms with Crippen molar-refractivity contribution in [3.63, 3.8) is 0 Å². The van der Waals surface area contributed by atoms with Crippen LogP contribution < -0.4 is 4.74 Å². The minimum Gasteiger partial charge on any atom is -0.497 e. The number of H-pyrrole nitrogens is 1. The molecule has 5 nitrogen and oxygen atoms in total. The van der Waals surface area contributed by atoms with Crippen LogP contribution in [0.2, 0.25) is 0 Å². The molecule has 0 saturated carbocycles. The average Bonchev–Trinajstić information content (AvgIpc) is 3.29. The lowest BCUT2D eigenvalue weighted by Gasteiger charge is -1.99. The Balaban J connectivity index is 1.75. The first-order valence-corrected chi connectivity index (χ1v) is 8.40. The molecule has 3 aromatic heterocycles. The molecule has 0 atom stereocenters. The van der Waals surface area contributed by atoms with Crippen LogP contribution in [0.15, 0.2) is 72.9 Å². The smallest absolute Gasteiger partial charge is 0.159 e. The average molecular weight is 340 g/mol. The number of rotatable bonds is 3. The van der Waals surface area contributed by atoms with Crippen LogP contribution in [-0.4, -0.2) is 26.5 Å². The molecule has 5 rings (SSSR count). The zero-order valence-corrected chi connectivity index (χ0v) is 14.2. The van der Waals surface area contributed by atoms with Crippen LogP contribution in [0.3, 0.4) is 0 Å². The summed E-state index contributed by atoms with van der Waals surface area (Å²) in [6.07, 6.45) is 2.03. The van der Waals surface area contributed by atoms with Gasteiger partial charge in [-0.3, -0.25) is 4.40 Å². The van der Waals surface area contributed by atoms with Crippen molar-refractivity contribution < 1.29 is 4.74 Å². The van der Waals surface area contributed by atoms with E-state index < -0.39 is 0 Å². The van der Waals surface area contributed by atoms with E-state index in [1.165, 1.54) is 0 Å². The highest BCUT2D eigenvalue weighted by Gasteiger charge is 2.16. The summed E-state index contributed by atoms with van der Waals surface area (Å²) in [5.74, 6) is 2.45. The molecule has 0 bridgehead atoms. The van der Waals surface area contributed by atoms with Crippen LogP contribution >= 0.6 is 0 Å². The summed E-state index contributed by atoms with van der Waals surface area (Å²) < 4.78 is 7.40. The highest BCUT2D eigenvalue weighted by atomic mass is 16.5. The molecule has 0 aliphatic carbocycles. The Morgan fingerprint density at radius 3 is 2.62 bits per heavy atom. The van der Waals surface area contributed by atoms with Gasteiger partial charge in [0, 0.05) is 17.8 Å². The van der Waals surface area contributed by atoms with Gasteiger partial charge in [0.2, 0.25) is 0 Å². The predicted molar refractivity (Wildman–Crippen MR) is 102 cm³/mol. The number of pyridine rings is 1. The molecule has 2 aromatic carbocycles. The quantitative estimate of drug-likeness (QED) is 0.524. The molecule has 0 unspecified atom stereocenters. The molecule has 126 valence electrons. The number of aromatic nitrogens is 4. The first kappa shape index (κ1) is 14.7. The lowest BCUT2D eigenvalue weighted by molar-refractivity contribution is 0.415. The van der Waals surface area contributed by atoms with E-state index in [-0.39, 0.29) is 0 Å². The minimum absolute atomic E-state index is 0.749. The second-order valence-electron chi connectivity index (χ2n) is 6.07. The summed E-state index contributed by atoms with van der Waals surface area (Å²) in [5, 5.41) is 0. The van der Waals surface area contributed by atoms with E-state index >= 15 is 0 Å². The topological polar surface area (TPSA) is 55.2 Å². The molecule has 1 N–H and O–H groups in total. The van der Waals surface area contributed by atoms with Gasteiger partial charge < -0.3 is 9.72 Å². The van der Waals surface area contributed by atoms with E-state index in [2.05, 4.69) is 27.6 Å². The molecule has 5 aromatic rings. The molecular formula is C21H16N4O. The first-order valence-electron chi connectivity index (χ1n) is 8.40. The third-order valence-corrected chi connectivity index (χ3v) is 4.49. The maximum atomic E-state index is 5.30. The molecular weight excluding hydrogens is 324 g/mol. The van der Waals surface area contributed by atoms with Crippen molar-refractivity contribution in [1.82, 2.24) is 19.4 Å². The summed E-state index contributed by atoms with van der Waals surface area (Å²) in [5.41, 5.74) is 4.73. The largest absolute Gasteiger partial charge is 0.497 e. The zero-order chi connectivity index (χ0) is 17.5. The highest BCUT2D eigenvalue weighted by Crippen LogP contribution is 2.30. The van der Waals surface area contributed by atoms with Crippen molar-refractivity contribution in [2.24, 2.45) is 0 Å². The SMILES string of the molecule is COc1ccc2nc(-c3nc(-c4ccccc4)n4ccccc34)[nH]c2c1.